The van der Waals surface area contributed by atoms with E-state index in [4.69, 9.17) is 12.2 Å². The van der Waals surface area contributed by atoms with Gasteiger partial charge in [-0.2, -0.15) is 0 Å². The molecule has 0 saturated heterocycles. The molecule has 0 aliphatic carbocycles. The van der Waals surface area contributed by atoms with Gasteiger partial charge in [-0.1, -0.05) is 42.5 Å². The van der Waals surface area contributed by atoms with Gasteiger partial charge in [0.15, 0.2) is 0 Å². The molecule has 1 unspecified atom stereocenters. The molecule has 112 valence electrons. The smallest absolute Gasteiger partial charge is 0.335 e. The average molecular weight is 329 g/mol. The third kappa shape index (κ3) is 2.87. The zero-order valence-electron chi connectivity index (χ0n) is 12.0. The Balaban J connectivity index is 2.03. The SMILES string of the molecule is CC1Sc2ccc(C(=O)O)cc2N(Cc2ccccc2)C1=S. The topological polar surface area (TPSA) is 40.5 Å². The molecular formula is C17H15NO2S2. The normalized spacial score (nSPS) is 17.2. The van der Waals surface area contributed by atoms with Gasteiger partial charge in [-0.05, 0) is 30.7 Å². The number of thiocarbonyl (C=S) groups is 1. The summed E-state index contributed by atoms with van der Waals surface area (Å²) in [6.45, 7) is 2.74. The molecule has 1 atom stereocenters. The molecule has 3 rings (SSSR count). The molecule has 3 nitrogen and oxygen atoms in total. The number of carboxylic acids is 1. The van der Waals surface area contributed by atoms with Crippen LogP contribution in [0.3, 0.4) is 0 Å². The van der Waals surface area contributed by atoms with Gasteiger partial charge in [-0.15, -0.1) is 11.8 Å². The molecule has 0 spiro atoms. The minimum Gasteiger partial charge on any atom is -0.478 e. The Morgan fingerprint density at radius 3 is 2.68 bits per heavy atom. The Hall–Kier alpha value is -1.85. The van der Waals surface area contributed by atoms with Gasteiger partial charge in [-0.25, -0.2) is 4.79 Å². The summed E-state index contributed by atoms with van der Waals surface area (Å²) < 4.78 is 0. The predicted octanol–water partition coefficient (Wildman–Crippen LogP) is 4.21. The third-order valence-corrected chi connectivity index (χ3v) is 5.50. The number of carbonyl (C=O) groups is 1. The highest BCUT2D eigenvalue weighted by Crippen LogP contribution is 2.40. The highest BCUT2D eigenvalue weighted by atomic mass is 32.2. The Kier molecular flexibility index (Phi) is 4.18. The molecule has 1 heterocycles. The molecule has 2 aromatic carbocycles. The molecule has 0 bridgehead atoms. The number of thioether (sulfide) groups is 1. The van der Waals surface area contributed by atoms with E-state index in [1.807, 2.05) is 29.2 Å². The molecule has 0 radical (unpaired) electrons. The van der Waals surface area contributed by atoms with Crippen molar-refractivity contribution in [3.63, 3.8) is 0 Å². The zero-order chi connectivity index (χ0) is 15.7. The molecule has 2 aromatic rings. The standard InChI is InChI=1S/C17H15NO2S2/c1-11-16(21)18(10-12-5-3-2-4-6-12)14-9-13(17(19)20)7-8-15(14)22-11/h2-9,11H,10H2,1H3,(H,19,20). The lowest BCUT2D eigenvalue weighted by Gasteiger charge is -2.35. The van der Waals surface area contributed by atoms with Crippen molar-refractivity contribution in [1.82, 2.24) is 0 Å². The van der Waals surface area contributed by atoms with Crippen molar-refractivity contribution >= 4 is 40.6 Å². The Morgan fingerprint density at radius 1 is 1.27 bits per heavy atom. The highest BCUT2D eigenvalue weighted by Gasteiger charge is 2.28. The van der Waals surface area contributed by atoms with E-state index < -0.39 is 5.97 Å². The Labute approximate surface area is 139 Å². The largest absolute Gasteiger partial charge is 0.478 e. The summed E-state index contributed by atoms with van der Waals surface area (Å²) in [6.07, 6.45) is 0. The molecular weight excluding hydrogens is 314 g/mol. The molecule has 0 aromatic heterocycles. The first-order valence-corrected chi connectivity index (χ1v) is 8.24. The lowest BCUT2D eigenvalue weighted by atomic mass is 10.1. The Morgan fingerprint density at radius 2 is 2.00 bits per heavy atom. The van der Waals surface area contributed by atoms with Crippen LogP contribution >= 0.6 is 24.0 Å². The van der Waals surface area contributed by atoms with Crippen LogP contribution in [0, 0.1) is 0 Å². The van der Waals surface area contributed by atoms with E-state index in [1.165, 1.54) is 0 Å². The quantitative estimate of drug-likeness (QED) is 0.854. The fourth-order valence-corrected chi connectivity index (χ4v) is 3.82. The molecule has 0 fully saturated rings. The lowest BCUT2D eigenvalue weighted by Crippen LogP contribution is -2.38. The first kappa shape index (κ1) is 15.1. The van der Waals surface area contributed by atoms with Gasteiger partial charge in [-0.3, -0.25) is 0 Å². The number of rotatable bonds is 3. The second-order valence-electron chi connectivity index (χ2n) is 5.16. The van der Waals surface area contributed by atoms with Crippen molar-refractivity contribution in [2.24, 2.45) is 0 Å². The summed E-state index contributed by atoms with van der Waals surface area (Å²) in [5.74, 6) is -0.919. The summed E-state index contributed by atoms with van der Waals surface area (Å²) in [5, 5.41) is 9.42. The van der Waals surface area contributed by atoms with Gasteiger partial charge in [0.1, 0.15) is 0 Å². The van der Waals surface area contributed by atoms with Crippen LogP contribution in [0.5, 0.6) is 0 Å². The van der Waals surface area contributed by atoms with Gasteiger partial charge >= 0.3 is 5.97 Å². The summed E-state index contributed by atoms with van der Waals surface area (Å²) in [6, 6.07) is 15.3. The third-order valence-electron chi connectivity index (χ3n) is 3.60. The summed E-state index contributed by atoms with van der Waals surface area (Å²) >= 11 is 7.27. The van der Waals surface area contributed by atoms with Gasteiger partial charge in [0.25, 0.3) is 0 Å². The monoisotopic (exact) mass is 329 g/mol. The first-order chi connectivity index (χ1) is 10.6. The van der Waals surface area contributed by atoms with Gasteiger partial charge < -0.3 is 10.0 Å². The van der Waals surface area contributed by atoms with Crippen molar-refractivity contribution in [2.45, 2.75) is 23.6 Å². The minimum atomic E-state index is -0.919. The van der Waals surface area contributed by atoms with Gasteiger partial charge in [0.05, 0.1) is 21.5 Å². The van der Waals surface area contributed by atoms with Crippen molar-refractivity contribution in [3.8, 4) is 0 Å². The number of hydrogen-bond donors (Lipinski definition) is 1. The van der Waals surface area contributed by atoms with Crippen LogP contribution in [0.2, 0.25) is 0 Å². The highest BCUT2D eigenvalue weighted by molar-refractivity contribution is 8.02. The van der Waals surface area contributed by atoms with Gasteiger partial charge in [0, 0.05) is 11.4 Å². The minimum absolute atomic E-state index is 0.196. The molecule has 1 aliphatic heterocycles. The number of hydrogen-bond acceptors (Lipinski definition) is 3. The first-order valence-electron chi connectivity index (χ1n) is 6.95. The van der Waals surface area contributed by atoms with E-state index in [0.29, 0.717) is 6.54 Å². The van der Waals surface area contributed by atoms with Crippen molar-refractivity contribution in [2.75, 3.05) is 4.90 Å². The molecule has 0 amide bonds. The molecule has 22 heavy (non-hydrogen) atoms. The van der Waals surface area contributed by atoms with Crippen LogP contribution in [0.15, 0.2) is 53.4 Å². The van der Waals surface area contributed by atoms with E-state index in [-0.39, 0.29) is 10.8 Å². The van der Waals surface area contributed by atoms with Crippen molar-refractivity contribution < 1.29 is 9.90 Å². The van der Waals surface area contributed by atoms with E-state index in [9.17, 15) is 9.90 Å². The van der Waals surface area contributed by atoms with Crippen LogP contribution in [-0.2, 0) is 6.54 Å². The number of aromatic carboxylic acids is 1. The van der Waals surface area contributed by atoms with E-state index >= 15 is 0 Å². The summed E-state index contributed by atoms with van der Waals surface area (Å²) in [7, 11) is 0. The maximum Gasteiger partial charge on any atom is 0.335 e. The maximum atomic E-state index is 11.2. The van der Waals surface area contributed by atoms with Crippen LogP contribution < -0.4 is 4.90 Å². The van der Waals surface area contributed by atoms with Crippen LogP contribution in [-0.4, -0.2) is 21.3 Å². The molecule has 1 aliphatic rings. The average Bonchev–Trinajstić information content (AvgIpc) is 2.52. The van der Waals surface area contributed by atoms with E-state index in [2.05, 4.69) is 19.1 Å². The van der Waals surface area contributed by atoms with Gasteiger partial charge in [0.2, 0.25) is 0 Å². The van der Waals surface area contributed by atoms with Crippen LogP contribution in [0.1, 0.15) is 22.8 Å². The predicted molar refractivity (Wildman–Crippen MR) is 93.9 cm³/mol. The zero-order valence-corrected chi connectivity index (χ0v) is 13.7. The van der Waals surface area contributed by atoms with E-state index in [1.54, 1.807) is 23.9 Å². The number of nitrogens with zero attached hydrogens (tertiary/aromatic N) is 1. The van der Waals surface area contributed by atoms with E-state index in [0.717, 1.165) is 21.1 Å². The fourth-order valence-electron chi connectivity index (χ4n) is 2.47. The Bertz CT molecular complexity index is 731. The second kappa shape index (κ2) is 6.10. The number of benzene rings is 2. The maximum absolute atomic E-state index is 11.2. The van der Waals surface area contributed by atoms with Crippen molar-refractivity contribution in [1.29, 1.82) is 0 Å². The second-order valence-corrected chi connectivity index (χ2v) is 6.96. The summed E-state index contributed by atoms with van der Waals surface area (Å²) in [5.41, 5.74) is 2.32. The molecule has 5 heteroatoms. The van der Waals surface area contributed by atoms with Crippen LogP contribution in [0.25, 0.3) is 0 Å². The van der Waals surface area contributed by atoms with Crippen molar-refractivity contribution in [3.05, 3.63) is 59.7 Å². The number of anilines is 1. The molecule has 0 saturated carbocycles. The number of fused-ring (bicyclic) bond motifs is 1. The fraction of sp³-hybridized carbons (Fsp3) is 0.176. The molecule has 1 N–H and O–H groups in total. The summed E-state index contributed by atoms with van der Waals surface area (Å²) in [4.78, 5) is 15.2. The lowest BCUT2D eigenvalue weighted by molar-refractivity contribution is 0.0697. The number of carboxylic acid groups (broad SMARTS) is 1. The van der Waals surface area contributed by atoms with Crippen LogP contribution in [0.4, 0.5) is 5.69 Å².